The van der Waals surface area contributed by atoms with Crippen molar-refractivity contribution in [2.45, 2.75) is 13.1 Å². The monoisotopic (exact) mass is 520 g/mol. The van der Waals surface area contributed by atoms with Crippen LogP contribution in [-0.4, -0.2) is 24.3 Å². The third-order valence-electron chi connectivity index (χ3n) is 4.71. The lowest BCUT2D eigenvalue weighted by atomic mass is 9.96. The molecule has 0 spiro atoms. The second kappa shape index (κ2) is 10.6. The number of hydrogen-bond donors (Lipinski definition) is 1. The van der Waals surface area contributed by atoms with E-state index >= 15 is 0 Å². The Kier molecular flexibility index (Phi) is 7.81. The maximum absolute atomic E-state index is 12.9. The second-order valence-electron chi connectivity index (χ2n) is 7.12. The highest BCUT2D eigenvalue weighted by molar-refractivity contribution is 9.10. The zero-order chi connectivity index (χ0) is 24.0. The molecule has 0 radical (unpaired) electrons. The van der Waals surface area contributed by atoms with Crippen LogP contribution in [-0.2, 0) is 11.0 Å². The molecular formula is C25H20BrF3O4. The molecule has 0 aliphatic rings. The Morgan fingerprint density at radius 2 is 1.58 bits per heavy atom. The molecule has 4 nitrogen and oxygen atoms in total. The summed E-state index contributed by atoms with van der Waals surface area (Å²) in [4.78, 5) is 10.7. The second-order valence-corrected chi connectivity index (χ2v) is 8.04. The quantitative estimate of drug-likeness (QED) is 0.357. The lowest BCUT2D eigenvalue weighted by Crippen LogP contribution is -2.10. The predicted molar refractivity (Wildman–Crippen MR) is 122 cm³/mol. The molecule has 0 atom stereocenters. The molecule has 0 aliphatic carbocycles. The van der Waals surface area contributed by atoms with Gasteiger partial charge in [-0.15, -0.1) is 0 Å². The van der Waals surface area contributed by atoms with Crippen LogP contribution in [0, 0.1) is 6.92 Å². The molecule has 0 unspecified atom stereocenters. The van der Waals surface area contributed by atoms with Gasteiger partial charge < -0.3 is 14.6 Å². The molecule has 0 aliphatic heterocycles. The smallest absolute Gasteiger partial charge is 0.416 e. The third-order valence-corrected chi connectivity index (χ3v) is 5.24. The van der Waals surface area contributed by atoms with E-state index in [1.807, 2.05) is 24.3 Å². The van der Waals surface area contributed by atoms with E-state index < -0.39 is 24.3 Å². The van der Waals surface area contributed by atoms with E-state index in [1.165, 1.54) is 12.1 Å². The van der Waals surface area contributed by atoms with Gasteiger partial charge in [0.2, 0.25) is 0 Å². The van der Waals surface area contributed by atoms with Gasteiger partial charge in [-0.3, -0.25) is 0 Å². The fourth-order valence-electron chi connectivity index (χ4n) is 3.10. The summed E-state index contributed by atoms with van der Waals surface area (Å²) in [5.41, 5.74) is 2.19. The molecule has 1 N–H and O–H groups in total. The molecule has 0 heterocycles. The Labute approximate surface area is 197 Å². The van der Waals surface area contributed by atoms with E-state index in [-0.39, 0.29) is 6.61 Å². The molecule has 0 aromatic heterocycles. The zero-order valence-electron chi connectivity index (χ0n) is 17.5. The van der Waals surface area contributed by atoms with E-state index in [0.717, 1.165) is 27.7 Å². The number of alkyl halides is 3. The molecular weight excluding hydrogens is 501 g/mol. The van der Waals surface area contributed by atoms with Gasteiger partial charge in [0.15, 0.2) is 6.61 Å². The number of hydrogen-bond acceptors (Lipinski definition) is 3. The number of aliphatic carboxylic acids is 1. The molecule has 0 amide bonds. The number of ether oxygens (including phenoxy) is 2. The number of benzene rings is 3. The van der Waals surface area contributed by atoms with Gasteiger partial charge in [-0.2, -0.15) is 13.2 Å². The molecule has 3 aromatic carbocycles. The Bertz CT molecular complexity index is 1140. The number of halogens is 4. The van der Waals surface area contributed by atoms with Gasteiger partial charge in [0.1, 0.15) is 18.1 Å². The van der Waals surface area contributed by atoms with E-state index in [1.54, 1.807) is 31.2 Å². The van der Waals surface area contributed by atoms with Crippen LogP contribution in [0.25, 0.3) is 5.57 Å². The summed E-state index contributed by atoms with van der Waals surface area (Å²) in [6, 6.07) is 17.5. The van der Waals surface area contributed by atoms with Gasteiger partial charge in [0, 0.05) is 4.47 Å². The standard InChI is InChI=1S/C25H20BrF3O4/c1-16-14-21(10-11-23(16)33-15-24(30)31)32-13-12-22(18-4-8-20(26)9-5-18)17-2-6-19(7-3-17)25(27,28)29/h2-12,14H,13,15H2,1H3,(H,30,31)/b22-12-. The topological polar surface area (TPSA) is 55.8 Å². The molecule has 0 fully saturated rings. The van der Waals surface area contributed by atoms with Crippen molar-refractivity contribution in [2.24, 2.45) is 0 Å². The minimum absolute atomic E-state index is 0.168. The van der Waals surface area contributed by atoms with Crippen molar-refractivity contribution in [1.29, 1.82) is 0 Å². The maximum atomic E-state index is 12.9. The Balaban J connectivity index is 1.81. The summed E-state index contributed by atoms with van der Waals surface area (Å²) in [5, 5.41) is 8.73. The normalized spacial score (nSPS) is 11.8. The van der Waals surface area contributed by atoms with Crippen LogP contribution in [0.2, 0.25) is 0 Å². The fourth-order valence-corrected chi connectivity index (χ4v) is 3.37. The highest BCUT2D eigenvalue weighted by Gasteiger charge is 2.30. The highest BCUT2D eigenvalue weighted by atomic mass is 79.9. The molecule has 172 valence electrons. The molecule has 3 rings (SSSR count). The number of carboxylic acid groups (broad SMARTS) is 1. The van der Waals surface area contributed by atoms with Crippen molar-refractivity contribution >= 4 is 27.5 Å². The number of rotatable bonds is 8. The third kappa shape index (κ3) is 6.86. The van der Waals surface area contributed by atoms with Crippen molar-refractivity contribution in [2.75, 3.05) is 13.2 Å². The molecule has 0 saturated carbocycles. The van der Waals surface area contributed by atoms with E-state index in [9.17, 15) is 18.0 Å². The molecule has 8 heteroatoms. The maximum Gasteiger partial charge on any atom is 0.416 e. The van der Waals surface area contributed by atoms with Gasteiger partial charge in [-0.05, 0) is 77.7 Å². The molecule has 0 saturated heterocycles. The van der Waals surface area contributed by atoms with Crippen LogP contribution < -0.4 is 9.47 Å². The first kappa shape index (κ1) is 24.4. The van der Waals surface area contributed by atoms with Crippen LogP contribution in [0.5, 0.6) is 11.5 Å². The minimum Gasteiger partial charge on any atom is -0.489 e. The van der Waals surface area contributed by atoms with E-state index in [4.69, 9.17) is 14.6 Å². The number of carbonyl (C=O) groups is 1. The van der Waals surface area contributed by atoms with Crippen molar-refractivity contribution in [3.63, 3.8) is 0 Å². The molecule has 33 heavy (non-hydrogen) atoms. The summed E-state index contributed by atoms with van der Waals surface area (Å²) < 4.78 is 50.7. The van der Waals surface area contributed by atoms with Crippen molar-refractivity contribution < 1.29 is 32.5 Å². The van der Waals surface area contributed by atoms with Gasteiger partial charge in [-0.1, -0.05) is 40.2 Å². The first-order valence-electron chi connectivity index (χ1n) is 9.85. The van der Waals surface area contributed by atoms with Gasteiger partial charge in [-0.25, -0.2) is 4.79 Å². The first-order valence-corrected chi connectivity index (χ1v) is 10.6. The summed E-state index contributed by atoms with van der Waals surface area (Å²) in [5.74, 6) is -0.0711. The van der Waals surface area contributed by atoms with Crippen LogP contribution in [0.15, 0.2) is 77.3 Å². The van der Waals surface area contributed by atoms with Crippen molar-refractivity contribution in [3.05, 3.63) is 99.5 Å². The Morgan fingerprint density at radius 3 is 2.12 bits per heavy atom. The minimum atomic E-state index is -4.40. The zero-order valence-corrected chi connectivity index (χ0v) is 19.1. The van der Waals surface area contributed by atoms with Gasteiger partial charge in [0.25, 0.3) is 0 Å². The number of carboxylic acids is 1. The average Bonchev–Trinajstić information content (AvgIpc) is 2.76. The Morgan fingerprint density at radius 1 is 0.970 bits per heavy atom. The van der Waals surface area contributed by atoms with Crippen LogP contribution in [0.3, 0.4) is 0 Å². The predicted octanol–water partition coefficient (Wildman–Crippen LogP) is 6.75. The summed E-state index contributed by atoms with van der Waals surface area (Å²) in [6.07, 6.45) is -2.60. The first-order chi connectivity index (χ1) is 15.6. The van der Waals surface area contributed by atoms with E-state index in [0.29, 0.717) is 22.6 Å². The highest BCUT2D eigenvalue weighted by Crippen LogP contribution is 2.32. The summed E-state index contributed by atoms with van der Waals surface area (Å²) in [6.45, 7) is 1.50. The lowest BCUT2D eigenvalue weighted by molar-refractivity contribution is -0.139. The van der Waals surface area contributed by atoms with Crippen LogP contribution >= 0.6 is 15.9 Å². The largest absolute Gasteiger partial charge is 0.489 e. The van der Waals surface area contributed by atoms with Crippen molar-refractivity contribution in [1.82, 2.24) is 0 Å². The molecule has 0 bridgehead atoms. The summed E-state index contributed by atoms with van der Waals surface area (Å²) in [7, 11) is 0. The van der Waals surface area contributed by atoms with E-state index in [2.05, 4.69) is 15.9 Å². The summed E-state index contributed by atoms with van der Waals surface area (Å²) >= 11 is 3.38. The fraction of sp³-hybridized carbons (Fsp3) is 0.160. The lowest BCUT2D eigenvalue weighted by Gasteiger charge is -2.13. The Hall–Kier alpha value is -3.26. The SMILES string of the molecule is Cc1cc(OC/C=C(\c2ccc(Br)cc2)c2ccc(C(F)(F)F)cc2)ccc1OCC(=O)O. The van der Waals surface area contributed by atoms with Crippen LogP contribution in [0.4, 0.5) is 13.2 Å². The molecule has 3 aromatic rings. The number of aryl methyl sites for hydroxylation is 1. The van der Waals surface area contributed by atoms with Crippen molar-refractivity contribution in [3.8, 4) is 11.5 Å². The van der Waals surface area contributed by atoms with Gasteiger partial charge in [0.05, 0.1) is 5.56 Å². The average molecular weight is 521 g/mol. The van der Waals surface area contributed by atoms with Gasteiger partial charge >= 0.3 is 12.1 Å². The van der Waals surface area contributed by atoms with Crippen LogP contribution in [0.1, 0.15) is 22.3 Å².